The molecule has 0 aromatic rings. The van der Waals surface area contributed by atoms with Crippen molar-refractivity contribution in [3.8, 4) is 0 Å². The number of amides is 1. The highest BCUT2D eigenvalue weighted by Crippen LogP contribution is 2.26. The van der Waals surface area contributed by atoms with E-state index in [9.17, 15) is 18.3 Å². The lowest BCUT2D eigenvalue weighted by Gasteiger charge is -2.19. The third-order valence-corrected chi connectivity index (χ3v) is 7.16. The molecule has 1 aliphatic carbocycles. The van der Waals surface area contributed by atoms with Crippen LogP contribution in [-0.2, 0) is 14.6 Å². The van der Waals surface area contributed by atoms with Crippen molar-refractivity contribution < 1.29 is 18.3 Å². The summed E-state index contributed by atoms with van der Waals surface area (Å²) >= 11 is 1.43. The van der Waals surface area contributed by atoms with E-state index in [2.05, 4.69) is 5.32 Å². The van der Waals surface area contributed by atoms with Gasteiger partial charge in [0.25, 0.3) is 0 Å². The molecule has 1 heterocycles. The van der Waals surface area contributed by atoms with Gasteiger partial charge in [-0.3, -0.25) is 4.79 Å². The molecule has 0 spiro atoms. The SMILES string of the molecule is O=C(CSC1CCS(=O)(=O)C1)NC1CCCC1CO. The summed E-state index contributed by atoms with van der Waals surface area (Å²) in [6.07, 6.45) is 3.60. The molecule has 5 nitrogen and oxygen atoms in total. The molecule has 2 rings (SSSR count). The Balaban J connectivity index is 1.70. The lowest BCUT2D eigenvalue weighted by atomic mass is 10.1. The van der Waals surface area contributed by atoms with Crippen LogP contribution < -0.4 is 5.32 Å². The van der Waals surface area contributed by atoms with E-state index in [0.29, 0.717) is 12.2 Å². The first-order valence-corrected chi connectivity index (χ1v) is 9.59. The molecule has 3 atom stereocenters. The molecule has 1 saturated heterocycles. The van der Waals surface area contributed by atoms with E-state index in [1.54, 1.807) is 0 Å². The maximum atomic E-state index is 11.8. The Labute approximate surface area is 118 Å². The van der Waals surface area contributed by atoms with Crippen LogP contribution in [0.5, 0.6) is 0 Å². The third-order valence-electron chi connectivity index (χ3n) is 3.88. The Morgan fingerprint density at radius 1 is 1.32 bits per heavy atom. The molecular formula is C12H21NO4S2. The second kappa shape index (κ2) is 6.45. The van der Waals surface area contributed by atoms with Gasteiger partial charge < -0.3 is 10.4 Å². The smallest absolute Gasteiger partial charge is 0.230 e. The number of nitrogens with one attached hydrogen (secondary N) is 1. The summed E-state index contributed by atoms with van der Waals surface area (Å²) in [5.74, 6) is 0.907. The number of aliphatic hydroxyl groups excluding tert-OH is 1. The minimum absolute atomic E-state index is 0.0420. The van der Waals surface area contributed by atoms with Crippen LogP contribution in [0, 0.1) is 5.92 Å². The summed E-state index contributed by atoms with van der Waals surface area (Å²) in [7, 11) is -2.86. The van der Waals surface area contributed by atoms with Gasteiger partial charge in [-0.05, 0) is 19.3 Å². The maximum Gasteiger partial charge on any atom is 0.230 e. The third kappa shape index (κ3) is 4.36. The Morgan fingerprint density at radius 2 is 2.11 bits per heavy atom. The van der Waals surface area contributed by atoms with Crippen molar-refractivity contribution in [1.82, 2.24) is 5.32 Å². The van der Waals surface area contributed by atoms with E-state index >= 15 is 0 Å². The predicted octanol–water partition coefficient (Wildman–Crippen LogP) is 0.184. The fourth-order valence-corrected chi connectivity index (χ4v) is 6.23. The van der Waals surface area contributed by atoms with Gasteiger partial charge in [0.1, 0.15) is 0 Å². The van der Waals surface area contributed by atoms with Gasteiger partial charge in [-0.2, -0.15) is 0 Å². The van der Waals surface area contributed by atoms with Crippen molar-refractivity contribution in [2.45, 2.75) is 37.0 Å². The average Bonchev–Trinajstić information content (AvgIpc) is 2.93. The lowest BCUT2D eigenvalue weighted by molar-refractivity contribution is -0.119. The minimum atomic E-state index is -2.86. The monoisotopic (exact) mass is 307 g/mol. The Morgan fingerprint density at radius 3 is 2.74 bits per heavy atom. The van der Waals surface area contributed by atoms with Gasteiger partial charge in [0.15, 0.2) is 9.84 Å². The number of hydrogen-bond donors (Lipinski definition) is 2. The molecule has 1 saturated carbocycles. The molecule has 2 aliphatic rings. The summed E-state index contributed by atoms with van der Waals surface area (Å²) in [6.45, 7) is 0.124. The molecule has 2 N–H and O–H groups in total. The molecule has 0 bridgehead atoms. The second-order valence-electron chi connectivity index (χ2n) is 5.38. The predicted molar refractivity (Wildman–Crippen MR) is 75.9 cm³/mol. The Bertz CT molecular complexity index is 423. The Hall–Kier alpha value is -0.270. The number of sulfone groups is 1. The first kappa shape index (κ1) is 15.1. The van der Waals surface area contributed by atoms with E-state index in [4.69, 9.17) is 0 Å². The zero-order chi connectivity index (χ0) is 13.9. The molecule has 110 valence electrons. The lowest BCUT2D eigenvalue weighted by Crippen LogP contribution is -2.39. The van der Waals surface area contributed by atoms with Crippen molar-refractivity contribution in [2.75, 3.05) is 23.9 Å². The molecule has 0 aromatic carbocycles. The summed E-state index contributed by atoms with van der Waals surface area (Å²) in [6, 6.07) is 0.0883. The number of thioether (sulfide) groups is 1. The minimum Gasteiger partial charge on any atom is -0.396 e. The molecule has 1 aliphatic heterocycles. The van der Waals surface area contributed by atoms with Crippen molar-refractivity contribution in [1.29, 1.82) is 0 Å². The summed E-state index contributed by atoms with van der Waals surface area (Å²) in [5, 5.41) is 12.2. The molecule has 19 heavy (non-hydrogen) atoms. The number of carbonyl (C=O) groups is 1. The molecule has 3 unspecified atom stereocenters. The van der Waals surface area contributed by atoms with E-state index in [1.807, 2.05) is 0 Å². The van der Waals surface area contributed by atoms with Crippen LogP contribution in [0.2, 0.25) is 0 Å². The summed E-state index contributed by atoms with van der Waals surface area (Å²) in [4.78, 5) is 11.8. The van der Waals surface area contributed by atoms with Crippen LogP contribution in [-0.4, -0.2) is 54.6 Å². The largest absolute Gasteiger partial charge is 0.396 e. The zero-order valence-corrected chi connectivity index (χ0v) is 12.5. The Kier molecular flexibility index (Phi) is 5.14. The van der Waals surface area contributed by atoms with Gasteiger partial charge in [0.05, 0.1) is 17.3 Å². The topological polar surface area (TPSA) is 83.5 Å². The second-order valence-corrected chi connectivity index (χ2v) is 8.90. The van der Waals surface area contributed by atoms with Gasteiger partial charge in [-0.15, -0.1) is 11.8 Å². The highest BCUT2D eigenvalue weighted by molar-refractivity contribution is 8.02. The zero-order valence-electron chi connectivity index (χ0n) is 10.9. The molecule has 2 fully saturated rings. The summed E-state index contributed by atoms with van der Waals surface area (Å²) < 4.78 is 22.6. The molecule has 7 heteroatoms. The van der Waals surface area contributed by atoms with Crippen LogP contribution in [0.4, 0.5) is 0 Å². The van der Waals surface area contributed by atoms with Crippen LogP contribution in [0.3, 0.4) is 0 Å². The van der Waals surface area contributed by atoms with E-state index in [1.165, 1.54) is 11.8 Å². The number of rotatable bonds is 5. The molecule has 1 amide bonds. The average molecular weight is 307 g/mol. The van der Waals surface area contributed by atoms with Gasteiger partial charge in [-0.1, -0.05) is 6.42 Å². The first-order chi connectivity index (χ1) is 9.00. The van der Waals surface area contributed by atoms with Gasteiger partial charge >= 0.3 is 0 Å². The molecule has 0 aromatic heterocycles. The van der Waals surface area contributed by atoms with Crippen LogP contribution in [0.25, 0.3) is 0 Å². The van der Waals surface area contributed by atoms with Crippen molar-refractivity contribution >= 4 is 27.5 Å². The van der Waals surface area contributed by atoms with Crippen molar-refractivity contribution in [3.05, 3.63) is 0 Å². The fourth-order valence-electron chi connectivity index (χ4n) is 2.78. The summed E-state index contributed by atoms with van der Waals surface area (Å²) in [5.41, 5.74) is 0. The highest BCUT2D eigenvalue weighted by Gasteiger charge is 2.30. The van der Waals surface area contributed by atoms with E-state index < -0.39 is 9.84 Å². The number of hydrogen-bond acceptors (Lipinski definition) is 5. The number of aliphatic hydroxyl groups is 1. The van der Waals surface area contributed by atoms with E-state index in [0.717, 1.165) is 19.3 Å². The quantitative estimate of drug-likeness (QED) is 0.757. The standard InChI is InChI=1S/C12H21NO4S2/c14-6-9-2-1-3-11(9)13-12(15)7-18-10-4-5-19(16,17)8-10/h9-11,14H,1-8H2,(H,13,15). The first-order valence-electron chi connectivity index (χ1n) is 6.72. The fraction of sp³-hybridized carbons (Fsp3) is 0.917. The number of carbonyl (C=O) groups excluding carboxylic acids is 1. The highest BCUT2D eigenvalue weighted by atomic mass is 32.2. The molecular weight excluding hydrogens is 286 g/mol. The van der Waals surface area contributed by atoms with Crippen LogP contribution >= 0.6 is 11.8 Å². The van der Waals surface area contributed by atoms with Gasteiger partial charge in [-0.25, -0.2) is 8.42 Å². The maximum absolute atomic E-state index is 11.8. The van der Waals surface area contributed by atoms with Crippen molar-refractivity contribution in [3.63, 3.8) is 0 Å². The van der Waals surface area contributed by atoms with Crippen LogP contribution in [0.15, 0.2) is 0 Å². The normalized spacial score (nSPS) is 33.4. The van der Waals surface area contributed by atoms with E-state index in [-0.39, 0.29) is 41.2 Å². The molecule has 0 radical (unpaired) electrons. The van der Waals surface area contributed by atoms with Crippen LogP contribution in [0.1, 0.15) is 25.7 Å². The van der Waals surface area contributed by atoms with Crippen molar-refractivity contribution in [2.24, 2.45) is 5.92 Å². The van der Waals surface area contributed by atoms with Gasteiger partial charge in [0, 0.05) is 23.8 Å². The van der Waals surface area contributed by atoms with Gasteiger partial charge in [0.2, 0.25) is 5.91 Å².